The van der Waals surface area contributed by atoms with E-state index >= 15 is 0 Å². The molecule has 2 rings (SSSR count). The van der Waals surface area contributed by atoms with Gasteiger partial charge in [0, 0.05) is 18.8 Å². The molecule has 1 atom stereocenters. The third kappa shape index (κ3) is 3.79. The Morgan fingerprint density at radius 1 is 1.42 bits per heavy atom. The molecule has 0 aliphatic carbocycles. The molecule has 7 heteroatoms. The molecule has 1 unspecified atom stereocenters. The zero-order valence-electron chi connectivity index (χ0n) is 10.7. The van der Waals surface area contributed by atoms with Crippen molar-refractivity contribution >= 4 is 5.95 Å². The number of alkyl halides is 3. The van der Waals surface area contributed by atoms with Crippen molar-refractivity contribution in [1.29, 1.82) is 0 Å². The van der Waals surface area contributed by atoms with E-state index in [1.807, 2.05) is 7.05 Å². The van der Waals surface area contributed by atoms with E-state index in [1.165, 1.54) is 6.42 Å². The second kappa shape index (κ2) is 5.73. The van der Waals surface area contributed by atoms with E-state index in [9.17, 15) is 13.2 Å². The Balaban J connectivity index is 1.96. The van der Waals surface area contributed by atoms with Gasteiger partial charge in [-0.3, -0.25) is 0 Å². The Morgan fingerprint density at radius 2 is 2.21 bits per heavy atom. The Kier molecular flexibility index (Phi) is 4.24. The highest BCUT2D eigenvalue weighted by molar-refractivity contribution is 5.26. The fraction of sp³-hybridized carbons (Fsp3) is 0.667. The van der Waals surface area contributed by atoms with Gasteiger partial charge in [0.05, 0.1) is 0 Å². The largest absolute Gasteiger partial charge is 0.433 e. The Morgan fingerprint density at radius 3 is 2.89 bits per heavy atom. The van der Waals surface area contributed by atoms with Gasteiger partial charge in [0.25, 0.3) is 0 Å². The molecule has 4 nitrogen and oxygen atoms in total. The highest BCUT2D eigenvalue weighted by Gasteiger charge is 2.32. The predicted octanol–water partition coefficient (Wildman–Crippen LogP) is 2.39. The monoisotopic (exact) mass is 274 g/mol. The first-order valence-electron chi connectivity index (χ1n) is 6.31. The first-order valence-corrected chi connectivity index (χ1v) is 6.31. The molecule has 1 aliphatic rings. The van der Waals surface area contributed by atoms with Crippen molar-refractivity contribution in [2.75, 3.05) is 25.5 Å². The van der Waals surface area contributed by atoms with Crippen LogP contribution in [0.25, 0.3) is 0 Å². The summed E-state index contributed by atoms with van der Waals surface area (Å²) in [6.45, 7) is 1.59. The summed E-state index contributed by atoms with van der Waals surface area (Å²) < 4.78 is 37.5. The lowest BCUT2D eigenvalue weighted by Crippen LogP contribution is -2.41. The maximum Gasteiger partial charge on any atom is 0.433 e. The van der Waals surface area contributed by atoms with Crippen molar-refractivity contribution in [2.45, 2.75) is 31.5 Å². The van der Waals surface area contributed by atoms with Gasteiger partial charge in [-0.05, 0) is 32.5 Å². The smallest absolute Gasteiger partial charge is 0.353 e. The number of halogens is 3. The Hall–Kier alpha value is -1.37. The fourth-order valence-corrected chi connectivity index (χ4v) is 2.21. The van der Waals surface area contributed by atoms with Crippen LogP contribution in [-0.2, 0) is 6.18 Å². The minimum Gasteiger partial charge on any atom is -0.353 e. The molecule has 1 aromatic heterocycles. The van der Waals surface area contributed by atoms with Gasteiger partial charge in [-0.25, -0.2) is 9.97 Å². The second-order valence-electron chi connectivity index (χ2n) is 4.77. The van der Waals surface area contributed by atoms with Gasteiger partial charge in [0.1, 0.15) is 5.69 Å². The average molecular weight is 274 g/mol. The topological polar surface area (TPSA) is 41.0 Å². The summed E-state index contributed by atoms with van der Waals surface area (Å²) >= 11 is 0. The molecular formula is C12H17F3N4. The first-order chi connectivity index (χ1) is 8.97. The van der Waals surface area contributed by atoms with Crippen molar-refractivity contribution < 1.29 is 13.2 Å². The van der Waals surface area contributed by atoms with Gasteiger partial charge in [-0.2, -0.15) is 13.2 Å². The van der Waals surface area contributed by atoms with Crippen LogP contribution in [0, 0.1) is 0 Å². The number of nitrogens with zero attached hydrogens (tertiary/aromatic N) is 3. The van der Waals surface area contributed by atoms with E-state index in [4.69, 9.17) is 0 Å². The number of rotatable bonds is 3. The van der Waals surface area contributed by atoms with Crippen LogP contribution in [-0.4, -0.2) is 41.0 Å². The molecule has 1 saturated heterocycles. The molecule has 1 N–H and O–H groups in total. The predicted molar refractivity (Wildman–Crippen MR) is 65.8 cm³/mol. The molecule has 1 aliphatic heterocycles. The highest BCUT2D eigenvalue weighted by atomic mass is 19.4. The maximum atomic E-state index is 12.5. The average Bonchev–Trinajstić information content (AvgIpc) is 2.37. The van der Waals surface area contributed by atoms with E-state index in [0.717, 1.165) is 31.6 Å². The van der Waals surface area contributed by atoms with E-state index in [1.54, 1.807) is 0 Å². The van der Waals surface area contributed by atoms with E-state index in [0.29, 0.717) is 12.6 Å². The van der Waals surface area contributed by atoms with Crippen LogP contribution < -0.4 is 5.32 Å². The van der Waals surface area contributed by atoms with Gasteiger partial charge in [0.2, 0.25) is 5.95 Å². The summed E-state index contributed by atoms with van der Waals surface area (Å²) in [5.41, 5.74) is -0.915. The summed E-state index contributed by atoms with van der Waals surface area (Å²) in [7, 11) is 2.03. The van der Waals surface area contributed by atoms with Crippen LogP contribution in [0.15, 0.2) is 12.3 Å². The molecule has 2 heterocycles. The number of likely N-dealkylation sites (tertiary alicyclic amines) is 1. The van der Waals surface area contributed by atoms with Crippen molar-refractivity contribution in [3.63, 3.8) is 0 Å². The van der Waals surface area contributed by atoms with Crippen LogP contribution in [0.1, 0.15) is 25.0 Å². The molecule has 0 saturated carbocycles. The van der Waals surface area contributed by atoms with Gasteiger partial charge in [-0.15, -0.1) is 0 Å². The number of anilines is 1. The van der Waals surface area contributed by atoms with Crippen LogP contribution >= 0.6 is 0 Å². The summed E-state index contributed by atoms with van der Waals surface area (Å²) in [5, 5.41) is 2.89. The molecule has 19 heavy (non-hydrogen) atoms. The number of nitrogens with one attached hydrogen (secondary N) is 1. The van der Waals surface area contributed by atoms with Crippen LogP contribution in [0.4, 0.5) is 19.1 Å². The minimum atomic E-state index is -4.43. The lowest BCUT2D eigenvalue weighted by Gasteiger charge is -2.32. The number of hydrogen-bond donors (Lipinski definition) is 1. The maximum absolute atomic E-state index is 12.5. The standard InChI is InChI=1S/C12H17F3N4/c1-19-7-3-2-4-9(19)8-17-11-16-6-5-10(18-11)12(13,14)15/h5-6,9H,2-4,7-8H2,1H3,(H,16,17,18). The molecule has 0 amide bonds. The van der Waals surface area contributed by atoms with E-state index in [2.05, 4.69) is 20.2 Å². The Bertz CT molecular complexity index is 422. The van der Waals surface area contributed by atoms with Crippen molar-refractivity contribution in [1.82, 2.24) is 14.9 Å². The van der Waals surface area contributed by atoms with Gasteiger partial charge in [-0.1, -0.05) is 6.42 Å². The van der Waals surface area contributed by atoms with Crippen LogP contribution in [0.3, 0.4) is 0 Å². The highest BCUT2D eigenvalue weighted by Crippen LogP contribution is 2.27. The summed E-state index contributed by atoms with van der Waals surface area (Å²) in [4.78, 5) is 9.52. The molecule has 0 radical (unpaired) electrons. The number of aromatic nitrogens is 2. The molecule has 1 aromatic rings. The quantitative estimate of drug-likeness (QED) is 0.919. The second-order valence-corrected chi connectivity index (χ2v) is 4.77. The molecule has 1 fully saturated rings. The SMILES string of the molecule is CN1CCCCC1CNc1nccc(C(F)(F)F)n1. The zero-order chi connectivity index (χ0) is 13.9. The molecular weight excluding hydrogens is 257 g/mol. The third-order valence-corrected chi connectivity index (χ3v) is 3.36. The van der Waals surface area contributed by atoms with Gasteiger partial charge in [0.15, 0.2) is 0 Å². The Labute approximate surface area is 110 Å². The molecule has 0 aromatic carbocycles. The van der Waals surface area contributed by atoms with Crippen molar-refractivity contribution in [3.05, 3.63) is 18.0 Å². The number of piperidine rings is 1. The van der Waals surface area contributed by atoms with E-state index < -0.39 is 11.9 Å². The number of likely N-dealkylation sites (N-methyl/N-ethyl adjacent to an activating group) is 1. The first kappa shape index (κ1) is 14.0. The fourth-order valence-electron chi connectivity index (χ4n) is 2.21. The summed E-state index contributed by atoms with van der Waals surface area (Å²) in [6, 6.07) is 1.20. The molecule has 106 valence electrons. The molecule has 0 bridgehead atoms. The van der Waals surface area contributed by atoms with Crippen LogP contribution in [0.2, 0.25) is 0 Å². The lowest BCUT2D eigenvalue weighted by molar-refractivity contribution is -0.141. The minimum absolute atomic E-state index is 0.0359. The normalized spacial score (nSPS) is 21.4. The van der Waals surface area contributed by atoms with Crippen molar-refractivity contribution in [3.8, 4) is 0 Å². The summed E-state index contributed by atoms with van der Waals surface area (Å²) in [5.74, 6) is 0.0359. The number of hydrogen-bond acceptors (Lipinski definition) is 4. The van der Waals surface area contributed by atoms with Crippen molar-refractivity contribution in [2.24, 2.45) is 0 Å². The lowest BCUT2D eigenvalue weighted by atomic mass is 10.0. The van der Waals surface area contributed by atoms with Gasteiger partial charge < -0.3 is 10.2 Å². The zero-order valence-corrected chi connectivity index (χ0v) is 10.7. The molecule has 0 spiro atoms. The van der Waals surface area contributed by atoms with Crippen LogP contribution in [0.5, 0.6) is 0 Å². The third-order valence-electron chi connectivity index (χ3n) is 3.36. The van der Waals surface area contributed by atoms with E-state index in [-0.39, 0.29) is 5.95 Å². The summed E-state index contributed by atoms with van der Waals surface area (Å²) in [6.07, 6.45) is 0.0688. The van der Waals surface area contributed by atoms with Gasteiger partial charge >= 0.3 is 6.18 Å².